The number of carbonyl (C=O) groups excluding carboxylic acids is 2. The lowest BCUT2D eigenvalue weighted by Gasteiger charge is -2.18. The van der Waals surface area contributed by atoms with Crippen molar-refractivity contribution in [3.8, 4) is 0 Å². The molecule has 0 aromatic heterocycles. The summed E-state index contributed by atoms with van der Waals surface area (Å²) in [5, 5.41) is 0. The molecule has 1 saturated heterocycles. The molecular formula is C13H9F6NO4. The van der Waals surface area contributed by atoms with Gasteiger partial charge in [0, 0.05) is 5.69 Å². The van der Waals surface area contributed by atoms with E-state index in [4.69, 9.17) is 0 Å². The van der Waals surface area contributed by atoms with Crippen LogP contribution in [0.1, 0.15) is 11.1 Å². The quantitative estimate of drug-likeness (QED) is 0.603. The molecule has 1 atom stereocenters. The van der Waals surface area contributed by atoms with Crippen LogP contribution in [0.5, 0.6) is 0 Å². The molecule has 0 saturated carbocycles. The van der Waals surface area contributed by atoms with Gasteiger partial charge in [-0.2, -0.15) is 26.3 Å². The SMILES string of the molecule is COC(=O)C1CN(c2cc(C(F)(F)F)cc(C(F)(F)F)c2)C(=O)O1. The van der Waals surface area contributed by atoms with E-state index in [1.54, 1.807) is 0 Å². The normalized spacial score (nSPS) is 18.5. The van der Waals surface area contributed by atoms with Gasteiger partial charge in [0.2, 0.25) is 6.10 Å². The minimum atomic E-state index is -5.05. The molecule has 24 heavy (non-hydrogen) atoms. The zero-order valence-corrected chi connectivity index (χ0v) is 11.9. The van der Waals surface area contributed by atoms with Gasteiger partial charge in [-0.3, -0.25) is 4.90 Å². The van der Waals surface area contributed by atoms with Crippen LogP contribution >= 0.6 is 0 Å². The Balaban J connectivity index is 2.46. The zero-order chi connectivity index (χ0) is 18.3. The summed E-state index contributed by atoms with van der Waals surface area (Å²) in [6.45, 7) is -0.565. The second-order valence-electron chi connectivity index (χ2n) is 4.77. The summed E-state index contributed by atoms with van der Waals surface area (Å²) in [6, 6.07) is 0.676. The molecule has 1 aliphatic rings. The Morgan fingerprint density at radius 1 is 1.12 bits per heavy atom. The third-order valence-corrected chi connectivity index (χ3v) is 3.16. The Labute approximate surface area is 130 Å². The van der Waals surface area contributed by atoms with E-state index in [1.165, 1.54) is 0 Å². The molecule has 1 aromatic carbocycles. The van der Waals surface area contributed by atoms with E-state index in [0.717, 1.165) is 7.11 Å². The van der Waals surface area contributed by atoms with Crippen LogP contribution in [0.2, 0.25) is 0 Å². The maximum Gasteiger partial charge on any atom is 0.416 e. The zero-order valence-electron chi connectivity index (χ0n) is 11.9. The van der Waals surface area contributed by atoms with Gasteiger partial charge in [0.25, 0.3) is 0 Å². The Hall–Kier alpha value is -2.46. The van der Waals surface area contributed by atoms with E-state index in [1.807, 2.05) is 0 Å². The topological polar surface area (TPSA) is 55.8 Å². The number of cyclic esters (lactones) is 1. The van der Waals surface area contributed by atoms with Gasteiger partial charge in [0.15, 0.2) is 0 Å². The number of carbonyl (C=O) groups is 2. The second-order valence-corrected chi connectivity index (χ2v) is 4.77. The van der Waals surface area contributed by atoms with E-state index in [2.05, 4.69) is 9.47 Å². The van der Waals surface area contributed by atoms with Gasteiger partial charge in [-0.25, -0.2) is 9.59 Å². The highest BCUT2D eigenvalue weighted by Crippen LogP contribution is 2.39. The molecule has 0 bridgehead atoms. The molecule has 0 radical (unpaired) electrons. The number of anilines is 1. The van der Waals surface area contributed by atoms with Crippen molar-refractivity contribution >= 4 is 17.7 Å². The van der Waals surface area contributed by atoms with Gasteiger partial charge in [-0.05, 0) is 18.2 Å². The summed E-state index contributed by atoms with van der Waals surface area (Å²) >= 11 is 0. The molecule has 1 heterocycles. The molecule has 2 rings (SSSR count). The van der Waals surface area contributed by atoms with Crippen molar-refractivity contribution in [1.29, 1.82) is 0 Å². The second kappa shape index (κ2) is 5.87. The fraction of sp³-hybridized carbons (Fsp3) is 0.385. The summed E-state index contributed by atoms with van der Waals surface area (Å²) in [7, 11) is 0.991. The maximum absolute atomic E-state index is 12.8. The number of halogens is 6. The molecule has 1 unspecified atom stereocenters. The van der Waals surface area contributed by atoms with Crippen molar-refractivity contribution in [2.75, 3.05) is 18.6 Å². The number of nitrogens with zero attached hydrogens (tertiary/aromatic N) is 1. The standard InChI is InChI=1S/C13H9F6NO4/c1-23-10(21)9-5-20(11(22)24-9)8-3-6(12(14,15)16)2-7(4-8)13(17,18)19/h2-4,9H,5H2,1H3. The first-order valence-corrected chi connectivity index (χ1v) is 6.29. The minimum absolute atomic E-state index is 0.0668. The van der Waals surface area contributed by atoms with Crippen molar-refractivity contribution in [2.45, 2.75) is 18.5 Å². The predicted octanol–water partition coefficient (Wildman–Crippen LogP) is 3.22. The summed E-state index contributed by atoms with van der Waals surface area (Å²) in [5.41, 5.74) is -3.85. The monoisotopic (exact) mass is 357 g/mol. The lowest BCUT2D eigenvalue weighted by atomic mass is 10.1. The van der Waals surface area contributed by atoms with Crippen LogP contribution in [-0.2, 0) is 26.6 Å². The van der Waals surface area contributed by atoms with Gasteiger partial charge in [-0.1, -0.05) is 0 Å². The highest BCUT2D eigenvalue weighted by molar-refractivity contribution is 5.94. The number of alkyl halides is 6. The lowest BCUT2D eigenvalue weighted by Crippen LogP contribution is -2.29. The molecule has 11 heteroatoms. The van der Waals surface area contributed by atoms with Gasteiger partial charge < -0.3 is 9.47 Å². The third-order valence-electron chi connectivity index (χ3n) is 3.16. The van der Waals surface area contributed by atoms with Crippen LogP contribution in [0.15, 0.2) is 18.2 Å². The number of methoxy groups -OCH3 is 1. The van der Waals surface area contributed by atoms with Crippen molar-refractivity contribution in [3.63, 3.8) is 0 Å². The fourth-order valence-electron chi connectivity index (χ4n) is 2.02. The molecule has 132 valence electrons. The summed E-state index contributed by atoms with van der Waals surface area (Å²) < 4.78 is 85.7. The lowest BCUT2D eigenvalue weighted by molar-refractivity contribution is -0.148. The van der Waals surface area contributed by atoms with Crippen molar-refractivity contribution < 1.29 is 45.4 Å². The van der Waals surface area contributed by atoms with E-state index in [-0.39, 0.29) is 6.07 Å². The summed E-state index contributed by atoms with van der Waals surface area (Å²) in [6.07, 6.45) is -12.8. The van der Waals surface area contributed by atoms with Crippen LogP contribution in [-0.4, -0.2) is 31.8 Å². The predicted molar refractivity (Wildman–Crippen MR) is 66.1 cm³/mol. The molecular weight excluding hydrogens is 348 g/mol. The van der Waals surface area contributed by atoms with Crippen molar-refractivity contribution in [1.82, 2.24) is 0 Å². The van der Waals surface area contributed by atoms with E-state index >= 15 is 0 Å². The van der Waals surface area contributed by atoms with Gasteiger partial charge in [0.05, 0.1) is 24.8 Å². The van der Waals surface area contributed by atoms with Crippen LogP contribution in [0.4, 0.5) is 36.8 Å². The maximum atomic E-state index is 12.8. The molecule has 5 nitrogen and oxygen atoms in total. The van der Waals surface area contributed by atoms with Crippen LogP contribution in [0.25, 0.3) is 0 Å². The molecule has 0 N–H and O–H groups in total. The Bertz CT molecular complexity index is 637. The number of benzene rings is 1. The molecule has 0 spiro atoms. The molecule has 0 aliphatic carbocycles. The number of hydrogen-bond acceptors (Lipinski definition) is 4. The number of rotatable bonds is 2. The van der Waals surface area contributed by atoms with Gasteiger partial charge >= 0.3 is 24.4 Å². The molecule has 1 aliphatic heterocycles. The van der Waals surface area contributed by atoms with Crippen molar-refractivity contribution in [3.05, 3.63) is 29.3 Å². The Kier molecular flexibility index (Phi) is 4.38. The number of ether oxygens (including phenoxy) is 2. The van der Waals surface area contributed by atoms with Crippen LogP contribution in [0, 0.1) is 0 Å². The largest absolute Gasteiger partial charge is 0.466 e. The number of amides is 1. The number of hydrogen-bond donors (Lipinski definition) is 0. The molecule has 1 fully saturated rings. The highest BCUT2D eigenvalue weighted by Gasteiger charge is 2.41. The highest BCUT2D eigenvalue weighted by atomic mass is 19.4. The van der Waals surface area contributed by atoms with E-state index < -0.39 is 53.9 Å². The first kappa shape index (κ1) is 17.9. The molecule has 1 aromatic rings. The minimum Gasteiger partial charge on any atom is -0.466 e. The Morgan fingerprint density at radius 2 is 1.62 bits per heavy atom. The average Bonchev–Trinajstić information content (AvgIpc) is 2.86. The van der Waals surface area contributed by atoms with E-state index in [0.29, 0.717) is 17.0 Å². The smallest absolute Gasteiger partial charge is 0.416 e. The van der Waals surface area contributed by atoms with Gasteiger partial charge in [-0.15, -0.1) is 0 Å². The molecule has 1 amide bonds. The van der Waals surface area contributed by atoms with Crippen LogP contribution < -0.4 is 4.90 Å². The first-order valence-electron chi connectivity index (χ1n) is 6.29. The van der Waals surface area contributed by atoms with Crippen LogP contribution in [0.3, 0.4) is 0 Å². The van der Waals surface area contributed by atoms with Crippen molar-refractivity contribution in [2.24, 2.45) is 0 Å². The van der Waals surface area contributed by atoms with E-state index in [9.17, 15) is 35.9 Å². The third kappa shape index (κ3) is 3.54. The Morgan fingerprint density at radius 3 is 2.04 bits per heavy atom. The summed E-state index contributed by atoms with van der Waals surface area (Å²) in [4.78, 5) is 23.5. The number of esters is 1. The fourth-order valence-corrected chi connectivity index (χ4v) is 2.02. The average molecular weight is 357 g/mol. The summed E-state index contributed by atoms with van der Waals surface area (Å²) in [5.74, 6) is -0.978. The first-order chi connectivity index (χ1) is 10.9. The van der Waals surface area contributed by atoms with Gasteiger partial charge in [0.1, 0.15) is 0 Å².